The molecule has 3 aromatic rings. The van der Waals surface area contributed by atoms with Crippen molar-refractivity contribution in [3.63, 3.8) is 0 Å². The van der Waals surface area contributed by atoms with E-state index >= 15 is 0 Å². The molecule has 3 rings (SSSR count). The molecule has 0 spiro atoms. The molecule has 0 heterocycles. The van der Waals surface area contributed by atoms with Gasteiger partial charge < -0.3 is 10.2 Å². The highest BCUT2D eigenvalue weighted by atomic mass is 35.5. The van der Waals surface area contributed by atoms with E-state index < -0.39 is 28.5 Å². The number of hydrogen-bond donors (Lipinski definition) is 1. The van der Waals surface area contributed by atoms with E-state index in [2.05, 4.69) is 5.32 Å². The van der Waals surface area contributed by atoms with Crippen LogP contribution in [0.1, 0.15) is 38.3 Å². The molecule has 0 fully saturated rings. The Morgan fingerprint density at radius 2 is 1.61 bits per heavy atom. The van der Waals surface area contributed by atoms with E-state index in [1.165, 1.54) is 23.1 Å². The number of carbonyl (C=O) groups excluding carboxylic acids is 2. The first-order valence-corrected chi connectivity index (χ1v) is 14.3. The molecule has 38 heavy (non-hydrogen) atoms. The van der Waals surface area contributed by atoms with E-state index in [9.17, 15) is 18.0 Å². The molecule has 0 saturated heterocycles. The van der Waals surface area contributed by atoms with E-state index in [0.29, 0.717) is 11.4 Å². The topological polar surface area (TPSA) is 86.8 Å². The summed E-state index contributed by atoms with van der Waals surface area (Å²) in [5.41, 5.74) is 2.15. The van der Waals surface area contributed by atoms with Gasteiger partial charge in [-0.15, -0.1) is 0 Å². The Kier molecular flexibility index (Phi) is 9.94. The maximum absolute atomic E-state index is 14.0. The lowest BCUT2D eigenvalue weighted by atomic mass is 10.1. The van der Waals surface area contributed by atoms with Crippen LogP contribution in [0.2, 0.25) is 5.02 Å². The average molecular weight is 556 g/mol. The molecule has 7 nitrogen and oxygen atoms in total. The van der Waals surface area contributed by atoms with Crippen molar-refractivity contribution in [2.75, 3.05) is 10.8 Å². The highest BCUT2D eigenvalue weighted by Gasteiger charge is 2.33. The number of aryl methyl sites for hydroxylation is 1. The maximum Gasteiger partial charge on any atom is 0.264 e. The van der Waals surface area contributed by atoms with Gasteiger partial charge in [0.15, 0.2) is 0 Å². The molecular weight excluding hydrogens is 522 g/mol. The van der Waals surface area contributed by atoms with Crippen molar-refractivity contribution in [3.05, 3.63) is 95.0 Å². The summed E-state index contributed by atoms with van der Waals surface area (Å²) in [6.45, 7) is 7.14. The Hall–Kier alpha value is -3.36. The van der Waals surface area contributed by atoms with Gasteiger partial charge in [0.05, 0.1) is 10.6 Å². The number of hydrogen-bond acceptors (Lipinski definition) is 4. The van der Waals surface area contributed by atoms with Crippen LogP contribution in [0.5, 0.6) is 0 Å². The second-order valence-corrected chi connectivity index (χ2v) is 11.7. The number of amides is 2. The zero-order chi connectivity index (χ0) is 27.9. The van der Waals surface area contributed by atoms with E-state index in [-0.39, 0.29) is 29.1 Å². The lowest BCUT2D eigenvalue weighted by Gasteiger charge is -2.33. The molecule has 202 valence electrons. The SMILES string of the molecule is CCC(C(=O)NC(C)C)N(Cc1ccc(C)cc1)C(=O)CN(c1cccc(Cl)c1)S(=O)(=O)c1ccccc1. The molecule has 0 aliphatic heterocycles. The molecule has 9 heteroatoms. The molecular formula is C29H34ClN3O4S. The number of carbonyl (C=O) groups is 2. The van der Waals surface area contributed by atoms with Crippen molar-refractivity contribution < 1.29 is 18.0 Å². The van der Waals surface area contributed by atoms with E-state index in [1.54, 1.807) is 36.4 Å². The standard InChI is InChI=1S/C29H34ClN3O4S/c1-5-27(29(35)31-21(2)3)32(19-23-16-14-22(4)15-17-23)28(34)20-33(25-11-9-10-24(30)18-25)38(36,37)26-12-7-6-8-13-26/h6-18,21,27H,5,19-20H2,1-4H3,(H,31,35). The van der Waals surface area contributed by atoms with Crippen LogP contribution >= 0.6 is 11.6 Å². The second-order valence-electron chi connectivity index (χ2n) is 9.40. The third-order valence-corrected chi connectivity index (χ3v) is 8.02. The number of nitrogens with one attached hydrogen (secondary N) is 1. The van der Waals surface area contributed by atoms with Gasteiger partial charge in [0.25, 0.3) is 10.0 Å². The summed E-state index contributed by atoms with van der Waals surface area (Å²) >= 11 is 6.20. The average Bonchev–Trinajstić information content (AvgIpc) is 2.88. The molecule has 1 unspecified atom stereocenters. The number of sulfonamides is 1. The molecule has 0 saturated carbocycles. The van der Waals surface area contributed by atoms with Crippen LogP contribution in [0.4, 0.5) is 5.69 Å². The highest BCUT2D eigenvalue weighted by Crippen LogP contribution is 2.27. The fraction of sp³-hybridized carbons (Fsp3) is 0.310. The van der Waals surface area contributed by atoms with Gasteiger partial charge in [0.2, 0.25) is 11.8 Å². The van der Waals surface area contributed by atoms with Gasteiger partial charge >= 0.3 is 0 Å². The Labute approximate surface area is 230 Å². The third kappa shape index (κ3) is 7.36. The second kappa shape index (κ2) is 12.9. The van der Waals surface area contributed by atoms with Crippen molar-refractivity contribution in [1.29, 1.82) is 0 Å². The van der Waals surface area contributed by atoms with E-state index in [4.69, 9.17) is 11.6 Å². The van der Waals surface area contributed by atoms with Crippen molar-refractivity contribution in [2.24, 2.45) is 0 Å². The van der Waals surface area contributed by atoms with Crippen LogP contribution in [-0.2, 0) is 26.2 Å². The monoisotopic (exact) mass is 555 g/mol. The number of anilines is 1. The van der Waals surface area contributed by atoms with Crippen molar-refractivity contribution in [3.8, 4) is 0 Å². The molecule has 0 aliphatic carbocycles. The Morgan fingerprint density at radius 3 is 2.18 bits per heavy atom. The minimum absolute atomic E-state index is 0.0439. The molecule has 0 aliphatic rings. The molecule has 1 atom stereocenters. The van der Waals surface area contributed by atoms with Crippen molar-refractivity contribution >= 4 is 39.1 Å². The summed E-state index contributed by atoms with van der Waals surface area (Å²) in [6.07, 6.45) is 0.360. The zero-order valence-corrected chi connectivity index (χ0v) is 23.7. The van der Waals surface area contributed by atoms with Gasteiger partial charge in [0.1, 0.15) is 12.6 Å². The summed E-state index contributed by atoms with van der Waals surface area (Å²) in [5, 5.41) is 3.23. The first kappa shape index (κ1) is 29.2. The Morgan fingerprint density at radius 1 is 0.947 bits per heavy atom. The van der Waals surface area contributed by atoms with Crippen LogP contribution in [0.3, 0.4) is 0 Å². The summed E-state index contributed by atoms with van der Waals surface area (Å²) < 4.78 is 28.5. The molecule has 0 bridgehead atoms. The quantitative estimate of drug-likeness (QED) is 0.353. The van der Waals surface area contributed by atoms with Crippen molar-refractivity contribution in [2.45, 2.75) is 57.6 Å². The number of benzene rings is 3. The lowest BCUT2D eigenvalue weighted by molar-refractivity contribution is -0.140. The van der Waals surface area contributed by atoms with Crippen LogP contribution in [-0.4, -0.2) is 43.8 Å². The number of rotatable bonds is 11. The minimum atomic E-state index is -4.12. The van der Waals surface area contributed by atoms with Gasteiger partial charge in [0, 0.05) is 17.6 Å². The van der Waals surface area contributed by atoms with Gasteiger partial charge in [-0.25, -0.2) is 8.42 Å². The summed E-state index contributed by atoms with van der Waals surface area (Å²) in [6, 6.07) is 21.0. The molecule has 0 aromatic heterocycles. The minimum Gasteiger partial charge on any atom is -0.352 e. The van der Waals surface area contributed by atoms with Gasteiger partial charge in [-0.05, 0) is 63.1 Å². The molecule has 1 N–H and O–H groups in total. The summed E-state index contributed by atoms with van der Waals surface area (Å²) in [4.78, 5) is 28.6. The number of halogens is 1. The van der Waals surface area contributed by atoms with Crippen LogP contribution in [0.15, 0.2) is 83.8 Å². The Bertz CT molecular complexity index is 1350. The summed E-state index contributed by atoms with van der Waals surface area (Å²) in [7, 11) is -4.12. The lowest BCUT2D eigenvalue weighted by Crippen LogP contribution is -2.53. The van der Waals surface area contributed by atoms with Gasteiger partial charge in [-0.2, -0.15) is 0 Å². The summed E-state index contributed by atoms with van der Waals surface area (Å²) in [5.74, 6) is -0.793. The molecule has 0 radical (unpaired) electrons. The number of nitrogens with zero attached hydrogens (tertiary/aromatic N) is 2. The van der Waals surface area contributed by atoms with Crippen LogP contribution < -0.4 is 9.62 Å². The largest absolute Gasteiger partial charge is 0.352 e. The van der Waals surface area contributed by atoms with E-state index in [0.717, 1.165) is 15.4 Å². The van der Waals surface area contributed by atoms with Crippen molar-refractivity contribution in [1.82, 2.24) is 10.2 Å². The fourth-order valence-electron chi connectivity index (χ4n) is 4.07. The first-order chi connectivity index (χ1) is 18.0. The predicted molar refractivity (Wildman–Crippen MR) is 152 cm³/mol. The smallest absolute Gasteiger partial charge is 0.264 e. The maximum atomic E-state index is 14.0. The van der Waals surface area contributed by atoms with Gasteiger partial charge in [-0.3, -0.25) is 13.9 Å². The van der Waals surface area contributed by atoms with Gasteiger partial charge in [-0.1, -0.05) is 72.6 Å². The third-order valence-electron chi connectivity index (χ3n) is 6.00. The molecule has 2 amide bonds. The normalized spacial score (nSPS) is 12.2. The van der Waals surface area contributed by atoms with Crippen LogP contribution in [0, 0.1) is 6.92 Å². The predicted octanol–water partition coefficient (Wildman–Crippen LogP) is 5.18. The van der Waals surface area contributed by atoms with Crippen LogP contribution in [0.25, 0.3) is 0 Å². The first-order valence-electron chi connectivity index (χ1n) is 12.5. The molecule has 3 aromatic carbocycles. The zero-order valence-electron chi connectivity index (χ0n) is 22.1. The highest BCUT2D eigenvalue weighted by molar-refractivity contribution is 7.92. The van der Waals surface area contributed by atoms with E-state index in [1.807, 2.05) is 52.0 Å². The Balaban J connectivity index is 2.05. The fourth-order valence-corrected chi connectivity index (χ4v) is 5.68.